The highest BCUT2D eigenvalue weighted by Gasteiger charge is 2.40. The third-order valence-electron chi connectivity index (χ3n) is 6.20. The minimum Gasteiger partial charge on any atom is -0.501 e. The fourth-order valence-electron chi connectivity index (χ4n) is 4.24. The highest BCUT2D eigenvalue weighted by atomic mass is 16.3. The number of carbonyl (C=O) groups excluding carboxylic acids is 1. The van der Waals surface area contributed by atoms with E-state index >= 15 is 0 Å². The Morgan fingerprint density at radius 2 is 1.92 bits per heavy atom. The first-order chi connectivity index (χ1) is 11.3. The van der Waals surface area contributed by atoms with E-state index in [1.54, 1.807) is 16.5 Å². The van der Waals surface area contributed by atoms with Crippen molar-refractivity contribution in [2.24, 2.45) is 11.3 Å². The van der Waals surface area contributed by atoms with Crippen LogP contribution in [0, 0.1) is 11.3 Å². The van der Waals surface area contributed by atoms with Gasteiger partial charge in [-0.05, 0) is 31.1 Å². The summed E-state index contributed by atoms with van der Waals surface area (Å²) in [6.07, 6.45) is 5.34. The van der Waals surface area contributed by atoms with Crippen molar-refractivity contribution in [3.05, 3.63) is 21.9 Å². The summed E-state index contributed by atoms with van der Waals surface area (Å²) in [7, 11) is 1.70. The quantitative estimate of drug-likeness (QED) is 0.920. The van der Waals surface area contributed by atoms with Crippen molar-refractivity contribution >= 4 is 5.91 Å². The van der Waals surface area contributed by atoms with Crippen LogP contribution in [0.2, 0.25) is 0 Å². The van der Waals surface area contributed by atoms with Gasteiger partial charge in [-0.3, -0.25) is 9.59 Å². The number of hydrogen-bond acceptors (Lipinski definition) is 4. The van der Waals surface area contributed by atoms with Crippen molar-refractivity contribution < 1.29 is 9.90 Å². The zero-order valence-electron chi connectivity index (χ0n) is 15.0. The average molecular weight is 333 g/mol. The summed E-state index contributed by atoms with van der Waals surface area (Å²) >= 11 is 0. The predicted octanol–water partition coefficient (Wildman–Crippen LogP) is 2.18. The molecule has 1 atom stereocenters. The lowest BCUT2D eigenvalue weighted by Gasteiger charge is -2.37. The summed E-state index contributed by atoms with van der Waals surface area (Å²) < 4.78 is 1.78. The molecule has 0 spiro atoms. The van der Waals surface area contributed by atoms with Crippen molar-refractivity contribution in [1.29, 1.82) is 0 Å². The van der Waals surface area contributed by atoms with Crippen LogP contribution in [0.1, 0.15) is 62.8 Å². The number of rotatable bonds is 3. The van der Waals surface area contributed by atoms with E-state index < -0.39 is 11.3 Å². The van der Waals surface area contributed by atoms with E-state index in [0.29, 0.717) is 24.7 Å². The predicted molar refractivity (Wildman–Crippen MR) is 91.2 cm³/mol. The van der Waals surface area contributed by atoms with Crippen LogP contribution in [-0.4, -0.2) is 38.6 Å². The van der Waals surface area contributed by atoms with Crippen LogP contribution < -0.4 is 5.56 Å². The third kappa shape index (κ3) is 2.52. The van der Waals surface area contributed by atoms with Gasteiger partial charge in [0.05, 0.1) is 0 Å². The fraction of sp³-hybridized carbons (Fsp3) is 0.722. The van der Waals surface area contributed by atoms with Crippen LogP contribution in [0.15, 0.2) is 4.79 Å². The number of likely N-dealkylation sites (N-methyl/N-ethyl adjacent to an activating group) is 1. The van der Waals surface area contributed by atoms with Crippen LogP contribution in [0.3, 0.4) is 0 Å². The monoisotopic (exact) mass is 333 g/mol. The Morgan fingerprint density at radius 3 is 2.50 bits per heavy atom. The molecule has 1 fully saturated rings. The first kappa shape index (κ1) is 17.0. The Morgan fingerprint density at radius 1 is 1.29 bits per heavy atom. The summed E-state index contributed by atoms with van der Waals surface area (Å²) in [5.74, 6) is 0.308. The zero-order chi connectivity index (χ0) is 17.6. The van der Waals surface area contributed by atoms with Crippen LogP contribution in [0.25, 0.3) is 0 Å². The molecule has 1 aliphatic heterocycles. The maximum Gasteiger partial charge on any atom is 0.315 e. The Labute approximate surface area is 142 Å². The van der Waals surface area contributed by atoms with Gasteiger partial charge in [-0.1, -0.05) is 26.7 Å². The zero-order valence-corrected chi connectivity index (χ0v) is 15.0. The molecule has 0 unspecified atom stereocenters. The molecule has 3 rings (SSSR count). The molecule has 1 amide bonds. The smallest absolute Gasteiger partial charge is 0.315 e. The van der Waals surface area contributed by atoms with Gasteiger partial charge in [0, 0.05) is 26.1 Å². The SMILES string of the molecule is CC(C)C1(Cc2nc(=O)c(O)c3n2C[C@H](C)N(C)C3=O)CCCC1. The van der Waals surface area contributed by atoms with Crippen LogP contribution in [0.5, 0.6) is 5.75 Å². The summed E-state index contributed by atoms with van der Waals surface area (Å²) in [6.45, 7) is 6.97. The fourth-order valence-corrected chi connectivity index (χ4v) is 4.24. The Balaban J connectivity index is 2.12. The third-order valence-corrected chi connectivity index (χ3v) is 6.20. The highest BCUT2D eigenvalue weighted by Crippen LogP contribution is 2.46. The maximum atomic E-state index is 12.6. The number of carbonyl (C=O) groups is 1. The lowest BCUT2D eigenvalue weighted by atomic mass is 9.73. The molecule has 2 heterocycles. The molecule has 24 heavy (non-hydrogen) atoms. The van der Waals surface area contributed by atoms with Crippen LogP contribution in [-0.2, 0) is 13.0 Å². The lowest BCUT2D eigenvalue weighted by molar-refractivity contribution is 0.0657. The van der Waals surface area contributed by atoms with Crippen molar-refractivity contribution in [2.75, 3.05) is 7.05 Å². The molecular weight excluding hydrogens is 306 g/mol. The minimum atomic E-state index is -0.690. The Hall–Kier alpha value is -1.85. The molecule has 0 radical (unpaired) electrons. The second-order valence-corrected chi connectivity index (χ2v) is 7.81. The van der Waals surface area contributed by atoms with E-state index in [1.165, 1.54) is 12.8 Å². The van der Waals surface area contributed by atoms with Gasteiger partial charge in [-0.15, -0.1) is 0 Å². The lowest BCUT2D eigenvalue weighted by Crippen LogP contribution is -2.47. The Bertz CT molecular complexity index is 717. The molecule has 1 N–H and O–H groups in total. The number of aromatic nitrogens is 2. The maximum absolute atomic E-state index is 12.6. The van der Waals surface area contributed by atoms with Crippen LogP contribution in [0.4, 0.5) is 0 Å². The summed E-state index contributed by atoms with van der Waals surface area (Å²) in [5, 5.41) is 10.1. The molecule has 1 aromatic heterocycles. The summed E-state index contributed by atoms with van der Waals surface area (Å²) in [6, 6.07) is 0.00558. The molecule has 0 aromatic carbocycles. The van der Waals surface area contributed by atoms with E-state index in [4.69, 9.17) is 0 Å². The average Bonchev–Trinajstić information content (AvgIpc) is 3.00. The second kappa shape index (κ2) is 5.90. The standard InChI is InChI=1S/C18H27N3O3/c1-11(2)18(7-5-6-8-18)9-13-19-16(23)15(22)14-17(24)20(4)12(3)10-21(13)14/h11-12,22H,5-10H2,1-4H3/t12-/m0/s1. The van der Waals surface area contributed by atoms with Gasteiger partial charge in [-0.2, -0.15) is 4.98 Å². The molecule has 6 nitrogen and oxygen atoms in total. The van der Waals surface area contributed by atoms with Gasteiger partial charge in [0.25, 0.3) is 5.91 Å². The molecule has 0 bridgehead atoms. The number of aromatic hydroxyl groups is 1. The normalized spacial score (nSPS) is 23.0. The molecule has 132 valence electrons. The minimum absolute atomic E-state index is 0.00558. The number of amides is 1. The molecule has 6 heteroatoms. The van der Waals surface area contributed by atoms with Gasteiger partial charge >= 0.3 is 5.56 Å². The number of hydrogen-bond donors (Lipinski definition) is 1. The second-order valence-electron chi connectivity index (χ2n) is 7.81. The van der Waals surface area contributed by atoms with Gasteiger partial charge in [0.1, 0.15) is 5.82 Å². The van der Waals surface area contributed by atoms with Gasteiger partial charge in [0.15, 0.2) is 5.69 Å². The van der Waals surface area contributed by atoms with Gasteiger partial charge in [0.2, 0.25) is 5.75 Å². The van der Waals surface area contributed by atoms with Gasteiger partial charge < -0.3 is 14.6 Å². The van der Waals surface area contributed by atoms with E-state index in [2.05, 4.69) is 18.8 Å². The topological polar surface area (TPSA) is 75.4 Å². The van der Waals surface area contributed by atoms with E-state index in [1.807, 2.05) is 6.92 Å². The highest BCUT2D eigenvalue weighted by molar-refractivity contribution is 5.95. The van der Waals surface area contributed by atoms with Gasteiger partial charge in [-0.25, -0.2) is 0 Å². The Kier molecular flexibility index (Phi) is 4.18. The largest absolute Gasteiger partial charge is 0.501 e. The molecule has 1 saturated carbocycles. The molecule has 0 saturated heterocycles. The molecular formula is C18H27N3O3. The first-order valence-electron chi connectivity index (χ1n) is 8.86. The summed E-state index contributed by atoms with van der Waals surface area (Å²) in [4.78, 5) is 30.5. The number of fused-ring (bicyclic) bond motifs is 1. The van der Waals surface area contributed by atoms with E-state index in [0.717, 1.165) is 12.8 Å². The van der Waals surface area contributed by atoms with Crippen molar-refractivity contribution in [1.82, 2.24) is 14.5 Å². The van der Waals surface area contributed by atoms with Crippen molar-refractivity contribution in [3.8, 4) is 5.75 Å². The summed E-state index contributed by atoms with van der Waals surface area (Å²) in [5.41, 5.74) is -0.459. The van der Waals surface area contributed by atoms with Crippen LogP contribution >= 0.6 is 0 Å². The molecule has 1 aliphatic carbocycles. The number of nitrogens with zero attached hydrogens (tertiary/aromatic N) is 3. The molecule has 1 aromatic rings. The van der Waals surface area contributed by atoms with Crippen molar-refractivity contribution in [2.45, 2.75) is 65.5 Å². The van der Waals surface area contributed by atoms with Crippen molar-refractivity contribution in [3.63, 3.8) is 0 Å². The molecule has 2 aliphatic rings. The van der Waals surface area contributed by atoms with E-state index in [9.17, 15) is 14.7 Å². The first-order valence-corrected chi connectivity index (χ1v) is 8.86. The van der Waals surface area contributed by atoms with E-state index in [-0.39, 0.29) is 23.1 Å².